The van der Waals surface area contributed by atoms with Crippen LogP contribution in [0.4, 0.5) is 0 Å². The minimum absolute atomic E-state index is 0. The van der Waals surface area contributed by atoms with E-state index in [1.165, 1.54) is 0 Å². The molecule has 0 bridgehead atoms. The van der Waals surface area contributed by atoms with Crippen molar-refractivity contribution in [3.63, 3.8) is 0 Å². The monoisotopic (exact) mass is 506 g/mol. The number of hydrogen-bond acceptors (Lipinski definition) is 4. The number of nitrogens with zero attached hydrogens (tertiary/aromatic N) is 2. The van der Waals surface area contributed by atoms with Crippen LogP contribution in [0, 0.1) is 13.8 Å². The molecule has 2 rings (SSSR count). The van der Waals surface area contributed by atoms with Crippen molar-refractivity contribution < 1.29 is 9.26 Å². The Kier molecular flexibility index (Phi) is 10.5. The van der Waals surface area contributed by atoms with Gasteiger partial charge in [0.15, 0.2) is 5.96 Å². The van der Waals surface area contributed by atoms with Gasteiger partial charge in [-0.2, -0.15) is 0 Å². The number of halogens is 2. The molecule has 1 unspecified atom stereocenters. The third-order valence-corrected chi connectivity index (χ3v) is 4.10. The van der Waals surface area contributed by atoms with Gasteiger partial charge in [-0.05, 0) is 58.4 Å². The molecular weight excluding hydrogens is 479 g/mol. The summed E-state index contributed by atoms with van der Waals surface area (Å²) in [4.78, 5) is 4.60. The number of nitrogens with one attached hydrogen (secondary N) is 2. The zero-order valence-electron chi connectivity index (χ0n) is 16.2. The fraction of sp³-hybridized carbons (Fsp3) is 0.474. The van der Waals surface area contributed by atoms with Crippen molar-refractivity contribution in [3.8, 4) is 5.75 Å². The highest BCUT2D eigenvalue weighted by molar-refractivity contribution is 14.0. The van der Waals surface area contributed by atoms with Crippen molar-refractivity contribution in [2.45, 2.75) is 40.2 Å². The average molecular weight is 507 g/mol. The Morgan fingerprint density at radius 1 is 1.26 bits per heavy atom. The number of hydrogen-bond donors (Lipinski definition) is 2. The first kappa shape index (κ1) is 23.6. The van der Waals surface area contributed by atoms with Crippen LogP contribution in [0.5, 0.6) is 5.75 Å². The van der Waals surface area contributed by atoms with E-state index in [0.717, 1.165) is 48.2 Å². The Morgan fingerprint density at radius 2 is 1.96 bits per heavy atom. The van der Waals surface area contributed by atoms with Crippen LogP contribution in [0.15, 0.2) is 33.8 Å². The first-order valence-corrected chi connectivity index (χ1v) is 9.23. The highest BCUT2D eigenvalue weighted by Gasteiger charge is 2.09. The Hall–Kier alpha value is -1.48. The molecule has 0 fully saturated rings. The number of aliphatic imine (C=N–C) groups is 1. The van der Waals surface area contributed by atoms with Crippen LogP contribution in [0.1, 0.15) is 30.9 Å². The van der Waals surface area contributed by atoms with Gasteiger partial charge in [0.1, 0.15) is 17.6 Å². The van der Waals surface area contributed by atoms with E-state index >= 15 is 0 Å². The summed E-state index contributed by atoms with van der Waals surface area (Å²) in [6, 6.07) is 7.34. The van der Waals surface area contributed by atoms with Gasteiger partial charge in [-0.1, -0.05) is 16.8 Å². The highest BCUT2D eigenvalue weighted by atomic mass is 127. The van der Waals surface area contributed by atoms with Gasteiger partial charge < -0.3 is 19.9 Å². The summed E-state index contributed by atoms with van der Waals surface area (Å²) >= 11 is 5.89. The quantitative estimate of drug-likeness (QED) is 0.320. The van der Waals surface area contributed by atoms with Crippen LogP contribution in [0.25, 0.3) is 0 Å². The Bertz CT molecular complexity index is 699. The van der Waals surface area contributed by atoms with Gasteiger partial charge in [0.2, 0.25) is 0 Å². The summed E-state index contributed by atoms with van der Waals surface area (Å²) in [5.74, 6) is 2.43. The molecule has 2 aromatic rings. The lowest BCUT2D eigenvalue weighted by atomic mass is 10.1. The van der Waals surface area contributed by atoms with Gasteiger partial charge in [-0.15, -0.1) is 24.0 Å². The van der Waals surface area contributed by atoms with Gasteiger partial charge in [-0.3, -0.25) is 0 Å². The van der Waals surface area contributed by atoms with Crippen molar-refractivity contribution in [2.75, 3.05) is 19.6 Å². The first-order valence-electron chi connectivity index (χ1n) is 8.85. The molecule has 150 valence electrons. The third kappa shape index (κ3) is 7.96. The molecular formula is C19H28ClIN4O2. The van der Waals surface area contributed by atoms with Gasteiger partial charge in [0, 0.05) is 23.7 Å². The first-order chi connectivity index (χ1) is 12.5. The molecule has 0 aliphatic carbocycles. The SMILES string of the molecule is CCNC(=NCC(C)Oc1ccc(Cl)cc1)NCCc1c(C)noc1C.I. The second-order valence-electron chi connectivity index (χ2n) is 6.08. The van der Waals surface area contributed by atoms with Crippen LogP contribution in [-0.4, -0.2) is 36.9 Å². The predicted molar refractivity (Wildman–Crippen MR) is 121 cm³/mol. The van der Waals surface area contributed by atoms with Gasteiger partial charge in [-0.25, -0.2) is 4.99 Å². The van der Waals surface area contributed by atoms with E-state index in [2.05, 4.69) is 20.8 Å². The lowest BCUT2D eigenvalue weighted by Gasteiger charge is -2.15. The Balaban J connectivity index is 0.00000364. The molecule has 0 saturated carbocycles. The van der Waals surface area contributed by atoms with Gasteiger partial charge in [0.25, 0.3) is 0 Å². The molecule has 27 heavy (non-hydrogen) atoms. The zero-order valence-corrected chi connectivity index (χ0v) is 19.3. The molecule has 0 saturated heterocycles. The van der Waals surface area contributed by atoms with E-state index in [-0.39, 0.29) is 30.1 Å². The number of aryl methyl sites for hydroxylation is 2. The van der Waals surface area contributed by atoms with E-state index in [0.29, 0.717) is 11.6 Å². The topological polar surface area (TPSA) is 71.7 Å². The Morgan fingerprint density at radius 3 is 2.56 bits per heavy atom. The van der Waals surface area contributed by atoms with Gasteiger partial charge >= 0.3 is 0 Å². The fourth-order valence-corrected chi connectivity index (χ4v) is 2.64. The van der Waals surface area contributed by atoms with Crippen molar-refractivity contribution in [3.05, 3.63) is 46.3 Å². The van der Waals surface area contributed by atoms with E-state index in [1.54, 1.807) is 0 Å². The highest BCUT2D eigenvalue weighted by Crippen LogP contribution is 2.16. The smallest absolute Gasteiger partial charge is 0.191 e. The lowest BCUT2D eigenvalue weighted by molar-refractivity contribution is 0.230. The lowest BCUT2D eigenvalue weighted by Crippen LogP contribution is -2.39. The van der Waals surface area contributed by atoms with Crippen molar-refractivity contribution in [1.29, 1.82) is 0 Å². The van der Waals surface area contributed by atoms with Crippen LogP contribution >= 0.6 is 35.6 Å². The molecule has 0 amide bonds. The van der Waals surface area contributed by atoms with Crippen LogP contribution in [-0.2, 0) is 6.42 Å². The second kappa shape index (κ2) is 12.1. The fourth-order valence-electron chi connectivity index (χ4n) is 2.51. The number of guanidine groups is 1. The molecule has 2 N–H and O–H groups in total. The third-order valence-electron chi connectivity index (χ3n) is 3.85. The van der Waals surface area contributed by atoms with E-state index in [9.17, 15) is 0 Å². The summed E-state index contributed by atoms with van der Waals surface area (Å²) in [5, 5.41) is 11.3. The maximum absolute atomic E-state index is 5.89. The van der Waals surface area contributed by atoms with Crippen LogP contribution in [0.2, 0.25) is 5.02 Å². The molecule has 1 aromatic heterocycles. The predicted octanol–water partition coefficient (Wildman–Crippen LogP) is 4.13. The standard InChI is InChI=1S/C19H27ClN4O2.HI/c1-5-21-19(22-11-10-18-14(3)24-26-15(18)4)23-12-13(2)25-17-8-6-16(20)7-9-17;/h6-9,13H,5,10-12H2,1-4H3,(H2,21,22,23);1H. The molecule has 0 radical (unpaired) electrons. The summed E-state index contributed by atoms with van der Waals surface area (Å²) < 4.78 is 11.0. The number of rotatable bonds is 8. The summed E-state index contributed by atoms with van der Waals surface area (Å²) in [6.07, 6.45) is 0.789. The van der Waals surface area contributed by atoms with E-state index < -0.39 is 0 Å². The van der Waals surface area contributed by atoms with Crippen molar-refractivity contribution in [1.82, 2.24) is 15.8 Å². The number of benzene rings is 1. The zero-order chi connectivity index (χ0) is 18.9. The molecule has 0 aliphatic rings. The Labute approximate surface area is 183 Å². The van der Waals surface area contributed by atoms with E-state index in [1.807, 2.05) is 52.0 Å². The summed E-state index contributed by atoms with van der Waals surface area (Å²) in [6.45, 7) is 10.0. The minimum atomic E-state index is -0.0470. The molecule has 1 heterocycles. The number of ether oxygens (including phenoxy) is 1. The second-order valence-corrected chi connectivity index (χ2v) is 6.52. The normalized spacial score (nSPS) is 12.3. The van der Waals surface area contributed by atoms with Crippen LogP contribution in [0.3, 0.4) is 0 Å². The molecule has 1 atom stereocenters. The maximum Gasteiger partial charge on any atom is 0.191 e. The molecule has 6 nitrogen and oxygen atoms in total. The van der Waals surface area contributed by atoms with Crippen LogP contribution < -0.4 is 15.4 Å². The minimum Gasteiger partial charge on any atom is -0.489 e. The average Bonchev–Trinajstić information content (AvgIpc) is 2.93. The molecule has 0 aliphatic heterocycles. The summed E-state index contributed by atoms with van der Waals surface area (Å²) in [5.41, 5.74) is 2.09. The molecule has 1 aromatic carbocycles. The van der Waals surface area contributed by atoms with E-state index in [4.69, 9.17) is 20.9 Å². The van der Waals surface area contributed by atoms with Gasteiger partial charge in [0.05, 0.1) is 12.2 Å². The maximum atomic E-state index is 5.89. The summed E-state index contributed by atoms with van der Waals surface area (Å²) in [7, 11) is 0. The van der Waals surface area contributed by atoms with Crippen molar-refractivity contribution in [2.24, 2.45) is 4.99 Å². The number of aromatic nitrogens is 1. The molecule has 8 heteroatoms. The largest absolute Gasteiger partial charge is 0.489 e. The van der Waals surface area contributed by atoms with Crippen molar-refractivity contribution >= 4 is 41.5 Å². The molecule has 0 spiro atoms.